The second-order valence-corrected chi connectivity index (χ2v) is 18.1. The summed E-state index contributed by atoms with van der Waals surface area (Å²) in [6, 6.07) is 75.8. The lowest BCUT2D eigenvalue weighted by atomic mass is 9.66. The van der Waals surface area contributed by atoms with E-state index in [1.165, 1.54) is 42.4 Å². The number of benzene rings is 9. The molecule has 65 heavy (non-hydrogen) atoms. The molecule has 4 heterocycles. The number of hydrogen-bond donors (Lipinski definition) is 0. The van der Waals surface area contributed by atoms with Crippen LogP contribution < -0.4 is 4.74 Å². The van der Waals surface area contributed by atoms with Crippen molar-refractivity contribution in [3.63, 3.8) is 0 Å². The molecule has 2 aliphatic rings. The molecule has 1 spiro atoms. The number of para-hydroxylation sites is 3. The first-order chi connectivity index (χ1) is 32.2. The van der Waals surface area contributed by atoms with Gasteiger partial charge in [0.1, 0.15) is 11.5 Å². The number of fused-ring (bicyclic) bond motifs is 15. The first kappa shape index (κ1) is 36.3. The highest BCUT2D eigenvalue weighted by atomic mass is 32.1. The van der Waals surface area contributed by atoms with Crippen LogP contribution in [0.1, 0.15) is 22.3 Å². The molecule has 1 aliphatic carbocycles. The van der Waals surface area contributed by atoms with E-state index in [1.807, 2.05) is 29.5 Å². The van der Waals surface area contributed by atoms with Gasteiger partial charge in [-0.2, -0.15) is 0 Å². The Balaban J connectivity index is 1.00. The molecule has 5 heteroatoms. The maximum absolute atomic E-state index is 6.65. The van der Waals surface area contributed by atoms with E-state index in [-0.39, 0.29) is 0 Å². The molecule has 0 N–H and O–H groups in total. The molecular formula is C60H35N3OS. The third-order valence-electron chi connectivity index (χ3n) is 13.5. The standard InChI is InChI=1S/C60H35N3OS/c1-2-16-36(17-3-1)59-62-52(35-53(63-59)43-24-15-23-42-41-22-6-13-31-56(41)65-58(42)43)37-18-14-19-38(32-37)57-46-33-45-39-20-4-7-25-47(39)60(50(45)34-44(46)40-21-5-10-28-51(40)61-57)48-26-8-11-29-54(48)64-55-30-12-9-27-49(55)60/h1-35H. The summed E-state index contributed by atoms with van der Waals surface area (Å²) in [6.07, 6.45) is 0. The van der Waals surface area contributed by atoms with Gasteiger partial charge in [0.25, 0.3) is 0 Å². The normalized spacial score (nSPS) is 13.2. The number of hydrogen-bond acceptors (Lipinski definition) is 5. The van der Waals surface area contributed by atoms with Gasteiger partial charge in [-0.05, 0) is 76.2 Å². The topological polar surface area (TPSA) is 47.9 Å². The van der Waals surface area contributed by atoms with Gasteiger partial charge in [-0.15, -0.1) is 11.3 Å². The zero-order chi connectivity index (χ0) is 42.6. The maximum Gasteiger partial charge on any atom is 0.160 e. The van der Waals surface area contributed by atoms with Crippen LogP contribution in [0.5, 0.6) is 11.5 Å². The monoisotopic (exact) mass is 845 g/mol. The van der Waals surface area contributed by atoms with Crippen molar-refractivity contribution in [2.24, 2.45) is 0 Å². The predicted molar refractivity (Wildman–Crippen MR) is 267 cm³/mol. The SMILES string of the molecule is c1ccc(-c2nc(-c3cccc(-c4nc5ccccc5c5cc6c(cc45)-c4ccccc4C64c5ccccc5Oc5ccccc54)c3)cc(-c3cccc4c3sc3ccccc34)n2)cc1. The number of thiophene rings is 1. The summed E-state index contributed by atoms with van der Waals surface area (Å²) in [7, 11) is 0. The fraction of sp³-hybridized carbons (Fsp3) is 0.0167. The van der Waals surface area contributed by atoms with Gasteiger partial charge >= 0.3 is 0 Å². The number of nitrogens with zero attached hydrogens (tertiary/aromatic N) is 3. The summed E-state index contributed by atoms with van der Waals surface area (Å²) >= 11 is 1.82. The summed E-state index contributed by atoms with van der Waals surface area (Å²) in [5.41, 5.74) is 14.4. The summed E-state index contributed by atoms with van der Waals surface area (Å²) < 4.78 is 9.14. The van der Waals surface area contributed by atoms with Crippen LogP contribution in [0.25, 0.3) is 98.1 Å². The largest absolute Gasteiger partial charge is 0.457 e. The molecule has 0 amide bonds. The van der Waals surface area contributed by atoms with E-state index in [0.29, 0.717) is 5.82 Å². The Labute approximate surface area is 378 Å². The molecule has 0 radical (unpaired) electrons. The second kappa shape index (κ2) is 13.9. The molecule has 14 rings (SSSR count). The summed E-state index contributed by atoms with van der Waals surface area (Å²) in [4.78, 5) is 16.1. The van der Waals surface area contributed by atoms with Crippen LogP contribution in [-0.2, 0) is 5.41 Å². The van der Waals surface area contributed by atoms with Crippen molar-refractivity contribution in [3.05, 3.63) is 235 Å². The van der Waals surface area contributed by atoms with Gasteiger partial charge in [-0.25, -0.2) is 15.0 Å². The molecule has 0 saturated heterocycles. The number of ether oxygens (including phenoxy) is 1. The molecule has 4 nitrogen and oxygen atoms in total. The second-order valence-electron chi connectivity index (χ2n) is 17.0. The summed E-state index contributed by atoms with van der Waals surface area (Å²) in [5.74, 6) is 2.46. The average Bonchev–Trinajstić information content (AvgIpc) is 3.89. The minimum absolute atomic E-state index is 0.572. The van der Waals surface area contributed by atoms with Gasteiger partial charge in [0.05, 0.1) is 28.0 Å². The maximum atomic E-state index is 6.65. The first-order valence-electron chi connectivity index (χ1n) is 22.0. The fourth-order valence-electron chi connectivity index (χ4n) is 10.7. The molecule has 3 aromatic heterocycles. The Kier molecular flexibility index (Phi) is 7.74. The Morgan fingerprint density at radius 2 is 1.00 bits per heavy atom. The third kappa shape index (κ3) is 5.27. The zero-order valence-electron chi connectivity index (χ0n) is 34.9. The summed E-state index contributed by atoms with van der Waals surface area (Å²) in [5, 5.41) is 5.89. The van der Waals surface area contributed by atoms with Crippen molar-refractivity contribution in [1.82, 2.24) is 15.0 Å². The van der Waals surface area contributed by atoms with E-state index in [0.717, 1.165) is 83.6 Å². The van der Waals surface area contributed by atoms with Crippen LogP contribution >= 0.6 is 11.3 Å². The Hall–Kier alpha value is -8.25. The van der Waals surface area contributed by atoms with Gasteiger partial charge in [0.15, 0.2) is 5.82 Å². The highest BCUT2D eigenvalue weighted by Crippen LogP contribution is 2.63. The van der Waals surface area contributed by atoms with E-state index < -0.39 is 5.41 Å². The van der Waals surface area contributed by atoms with E-state index in [9.17, 15) is 0 Å². The lowest BCUT2D eigenvalue weighted by Crippen LogP contribution is -2.32. The minimum Gasteiger partial charge on any atom is -0.457 e. The minimum atomic E-state index is -0.572. The van der Waals surface area contributed by atoms with Crippen molar-refractivity contribution in [2.45, 2.75) is 5.41 Å². The van der Waals surface area contributed by atoms with Crippen molar-refractivity contribution in [1.29, 1.82) is 0 Å². The third-order valence-corrected chi connectivity index (χ3v) is 14.8. The van der Waals surface area contributed by atoms with Gasteiger partial charge in [-0.3, -0.25) is 0 Å². The molecule has 1 aliphatic heterocycles. The average molecular weight is 846 g/mol. The number of rotatable bonds is 4. The lowest BCUT2D eigenvalue weighted by Gasteiger charge is -2.39. The first-order valence-corrected chi connectivity index (χ1v) is 22.8. The molecule has 0 bridgehead atoms. The van der Waals surface area contributed by atoms with Gasteiger partial charge < -0.3 is 4.74 Å². The molecule has 0 atom stereocenters. The predicted octanol–water partition coefficient (Wildman–Crippen LogP) is 15.7. The highest BCUT2D eigenvalue weighted by Gasteiger charge is 2.51. The van der Waals surface area contributed by atoms with Crippen LogP contribution in [0, 0.1) is 0 Å². The number of pyridine rings is 1. The van der Waals surface area contributed by atoms with E-state index in [2.05, 4.69) is 194 Å². The van der Waals surface area contributed by atoms with Crippen LogP contribution in [0.2, 0.25) is 0 Å². The molecule has 0 fully saturated rings. The van der Waals surface area contributed by atoms with Crippen molar-refractivity contribution in [2.75, 3.05) is 0 Å². The van der Waals surface area contributed by atoms with Crippen LogP contribution in [0.4, 0.5) is 0 Å². The van der Waals surface area contributed by atoms with Gasteiger partial charge in [-0.1, -0.05) is 164 Å². The number of aromatic nitrogens is 3. The van der Waals surface area contributed by atoms with E-state index >= 15 is 0 Å². The Morgan fingerprint density at radius 1 is 0.369 bits per heavy atom. The molecule has 0 saturated carbocycles. The molecule has 12 aromatic rings. The Morgan fingerprint density at radius 3 is 1.85 bits per heavy atom. The van der Waals surface area contributed by atoms with Crippen LogP contribution in [-0.4, -0.2) is 15.0 Å². The van der Waals surface area contributed by atoms with Crippen molar-refractivity contribution < 1.29 is 4.74 Å². The van der Waals surface area contributed by atoms with Gasteiger partial charge in [0.2, 0.25) is 0 Å². The quantitative estimate of drug-likeness (QED) is 0.166. The van der Waals surface area contributed by atoms with Crippen LogP contribution in [0.3, 0.4) is 0 Å². The van der Waals surface area contributed by atoms with E-state index in [4.69, 9.17) is 19.7 Å². The smallest absolute Gasteiger partial charge is 0.160 e. The molecule has 0 unspecified atom stereocenters. The van der Waals surface area contributed by atoms with Crippen LogP contribution in [0.15, 0.2) is 212 Å². The Bertz CT molecular complexity index is 3900. The highest BCUT2D eigenvalue weighted by molar-refractivity contribution is 7.26. The fourth-order valence-corrected chi connectivity index (χ4v) is 12.0. The zero-order valence-corrected chi connectivity index (χ0v) is 35.7. The molecule has 9 aromatic carbocycles. The van der Waals surface area contributed by atoms with E-state index in [1.54, 1.807) is 0 Å². The molecular weight excluding hydrogens is 811 g/mol. The lowest BCUT2D eigenvalue weighted by molar-refractivity contribution is 0.436. The summed E-state index contributed by atoms with van der Waals surface area (Å²) in [6.45, 7) is 0. The molecule has 302 valence electrons. The van der Waals surface area contributed by atoms with Crippen molar-refractivity contribution >= 4 is 53.2 Å². The van der Waals surface area contributed by atoms with Crippen molar-refractivity contribution in [3.8, 4) is 67.8 Å². The van der Waals surface area contributed by atoms with Gasteiger partial charge in [0, 0.05) is 64.3 Å².